The van der Waals surface area contributed by atoms with E-state index in [0.29, 0.717) is 17.7 Å². The third kappa shape index (κ3) is 5.47. The molecular weight excluding hydrogens is 380 g/mol. The highest BCUT2D eigenvalue weighted by Gasteiger charge is 2.14. The number of carbonyl (C=O) groups excluding carboxylic acids is 1. The van der Waals surface area contributed by atoms with Gasteiger partial charge in [-0.15, -0.1) is 0 Å². The first-order valence-electron chi connectivity index (χ1n) is 8.14. The van der Waals surface area contributed by atoms with Gasteiger partial charge in [-0.1, -0.05) is 48.3 Å². The molecule has 0 atom stereocenters. The molecule has 5 nitrogen and oxygen atoms in total. The maximum atomic E-state index is 14.5. The monoisotopic (exact) mass is 399 g/mol. The number of nitrogens with zero attached hydrogens (tertiary/aromatic N) is 2. The Bertz CT molecular complexity index is 802. The number of benzene rings is 1. The molecule has 0 unspecified atom stereocenters. The second kappa shape index (κ2) is 9.59. The molecule has 0 aliphatic rings. The molecule has 1 heterocycles. The summed E-state index contributed by atoms with van der Waals surface area (Å²) in [6.07, 6.45) is 2.77. The summed E-state index contributed by atoms with van der Waals surface area (Å²) in [6.45, 7) is 2.24. The van der Waals surface area contributed by atoms with Gasteiger partial charge in [-0.25, -0.2) is 4.39 Å². The molecule has 2 rings (SSSR count). The Balaban J connectivity index is 1.98. The number of aryl methyl sites for hydroxylation is 2. The number of hydrogen-bond acceptors (Lipinski definition) is 3. The Hall–Kier alpha value is -2.05. The van der Waals surface area contributed by atoms with E-state index in [-0.39, 0.29) is 29.3 Å². The first kappa shape index (κ1) is 20.3. The average molecular weight is 400 g/mol. The van der Waals surface area contributed by atoms with Gasteiger partial charge in [-0.2, -0.15) is 5.10 Å². The Kier molecular flexibility index (Phi) is 7.48. The molecular formula is C18H20Cl2FN3O2. The summed E-state index contributed by atoms with van der Waals surface area (Å²) in [4.78, 5) is 12.3. The van der Waals surface area contributed by atoms with Crippen molar-refractivity contribution >= 4 is 29.1 Å². The molecule has 1 amide bonds. The van der Waals surface area contributed by atoms with E-state index in [0.717, 1.165) is 12.1 Å². The molecule has 26 heavy (non-hydrogen) atoms. The van der Waals surface area contributed by atoms with Gasteiger partial charge < -0.3 is 10.1 Å². The zero-order valence-electron chi connectivity index (χ0n) is 14.6. The van der Waals surface area contributed by atoms with Crippen LogP contribution in [0.2, 0.25) is 0 Å². The zero-order chi connectivity index (χ0) is 19.1. The largest absolute Gasteiger partial charge is 0.490 e. The molecule has 1 aromatic carbocycles. The molecule has 0 radical (unpaired) electrons. The van der Waals surface area contributed by atoms with E-state index >= 15 is 0 Å². The highest BCUT2D eigenvalue weighted by molar-refractivity contribution is 6.55. The van der Waals surface area contributed by atoms with Crippen LogP contribution in [0, 0.1) is 5.82 Å². The fourth-order valence-electron chi connectivity index (χ4n) is 2.32. The Morgan fingerprint density at radius 1 is 1.42 bits per heavy atom. The van der Waals surface area contributed by atoms with E-state index in [1.807, 2.05) is 6.92 Å². The third-order valence-corrected chi connectivity index (χ3v) is 3.99. The number of carbonyl (C=O) groups is 1. The quantitative estimate of drug-likeness (QED) is 0.678. The van der Waals surface area contributed by atoms with Crippen LogP contribution in [0.15, 0.2) is 34.8 Å². The Morgan fingerprint density at radius 2 is 2.19 bits per heavy atom. The molecule has 0 saturated carbocycles. The van der Waals surface area contributed by atoms with Crippen LogP contribution in [0.3, 0.4) is 0 Å². The standard InChI is InChI=1S/C18H20Cl2FN3O2/c1-3-13-10-14(24(2)23-13)18(25)22-11-12-6-4-7-15(17(12)21)26-9-5-8-16(19)20/h4,6-8,10H,3,5,9,11H2,1-2H3,(H,22,25). The van der Waals surface area contributed by atoms with Crippen LogP contribution >= 0.6 is 23.2 Å². The van der Waals surface area contributed by atoms with Crippen molar-refractivity contribution in [2.24, 2.45) is 7.05 Å². The molecule has 0 spiro atoms. The van der Waals surface area contributed by atoms with Gasteiger partial charge in [0.25, 0.3) is 5.91 Å². The van der Waals surface area contributed by atoms with Crippen molar-refractivity contribution in [3.63, 3.8) is 0 Å². The average Bonchev–Trinajstić information content (AvgIpc) is 2.99. The van der Waals surface area contributed by atoms with Gasteiger partial charge in [0.2, 0.25) is 0 Å². The van der Waals surface area contributed by atoms with E-state index in [4.69, 9.17) is 27.9 Å². The Morgan fingerprint density at radius 3 is 2.85 bits per heavy atom. The maximum absolute atomic E-state index is 14.5. The van der Waals surface area contributed by atoms with E-state index in [1.165, 1.54) is 10.7 Å². The second-order valence-electron chi connectivity index (χ2n) is 5.54. The topological polar surface area (TPSA) is 56.1 Å². The van der Waals surface area contributed by atoms with Crippen molar-refractivity contribution in [3.8, 4) is 5.75 Å². The summed E-state index contributed by atoms with van der Waals surface area (Å²) in [5.41, 5.74) is 1.59. The molecule has 8 heteroatoms. The molecule has 0 aliphatic heterocycles. The van der Waals surface area contributed by atoms with Crippen molar-refractivity contribution in [3.05, 3.63) is 57.6 Å². The lowest BCUT2D eigenvalue weighted by atomic mass is 10.2. The van der Waals surface area contributed by atoms with Gasteiger partial charge in [-0.3, -0.25) is 9.48 Å². The normalized spacial score (nSPS) is 10.5. The van der Waals surface area contributed by atoms with Gasteiger partial charge in [0.1, 0.15) is 10.2 Å². The third-order valence-electron chi connectivity index (χ3n) is 3.68. The highest BCUT2D eigenvalue weighted by atomic mass is 35.5. The lowest BCUT2D eigenvalue weighted by Crippen LogP contribution is -2.25. The second-order valence-corrected chi connectivity index (χ2v) is 6.55. The van der Waals surface area contributed by atoms with Crippen molar-refractivity contribution < 1.29 is 13.9 Å². The Labute approximate surface area is 161 Å². The van der Waals surface area contributed by atoms with Gasteiger partial charge in [-0.05, 0) is 18.6 Å². The van der Waals surface area contributed by atoms with Crippen LogP contribution in [0.4, 0.5) is 4.39 Å². The van der Waals surface area contributed by atoms with Crippen molar-refractivity contribution in [2.75, 3.05) is 6.61 Å². The molecule has 2 aromatic rings. The van der Waals surface area contributed by atoms with Gasteiger partial charge in [0.15, 0.2) is 11.6 Å². The van der Waals surface area contributed by atoms with Crippen LogP contribution in [0.25, 0.3) is 0 Å². The van der Waals surface area contributed by atoms with Crippen LogP contribution < -0.4 is 10.1 Å². The lowest BCUT2D eigenvalue weighted by molar-refractivity contribution is 0.0941. The summed E-state index contributed by atoms with van der Waals surface area (Å²) in [6, 6.07) is 6.52. The van der Waals surface area contributed by atoms with Crippen molar-refractivity contribution in [2.45, 2.75) is 26.3 Å². The van der Waals surface area contributed by atoms with E-state index in [1.54, 1.807) is 31.3 Å². The molecule has 1 aromatic heterocycles. The van der Waals surface area contributed by atoms with Gasteiger partial charge in [0.05, 0.1) is 12.3 Å². The van der Waals surface area contributed by atoms with Crippen LogP contribution in [-0.4, -0.2) is 22.3 Å². The molecule has 0 aliphatic carbocycles. The lowest BCUT2D eigenvalue weighted by Gasteiger charge is -2.10. The number of amides is 1. The minimum absolute atomic E-state index is 0.0436. The minimum atomic E-state index is -0.506. The smallest absolute Gasteiger partial charge is 0.269 e. The van der Waals surface area contributed by atoms with E-state index in [9.17, 15) is 9.18 Å². The number of rotatable bonds is 8. The number of halogens is 3. The number of ether oxygens (including phenoxy) is 1. The predicted octanol–water partition coefficient (Wildman–Crippen LogP) is 4.14. The molecule has 0 saturated heterocycles. The molecule has 0 fully saturated rings. The van der Waals surface area contributed by atoms with Gasteiger partial charge in [0, 0.05) is 25.6 Å². The molecule has 0 bridgehead atoms. The molecule has 140 valence electrons. The number of nitrogens with one attached hydrogen (secondary N) is 1. The van der Waals surface area contributed by atoms with Crippen molar-refractivity contribution in [1.29, 1.82) is 0 Å². The van der Waals surface area contributed by atoms with Crippen LogP contribution in [0.5, 0.6) is 5.75 Å². The summed E-state index contributed by atoms with van der Waals surface area (Å²) in [5, 5.41) is 6.93. The zero-order valence-corrected chi connectivity index (χ0v) is 16.1. The predicted molar refractivity (Wildman–Crippen MR) is 100 cm³/mol. The number of aromatic nitrogens is 2. The van der Waals surface area contributed by atoms with Gasteiger partial charge >= 0.3 is 0 Å². The maximum Gasteiger partial charge on any atom is 0.269 e. The first-order valence-corrected chi connectivity index (χ1v) is 8.90. The summed E-state index contributed by atoms with van der Waals surface area (Å²) in [7, 11) is 1.70. The van der Waals surface area contributed by atoms with Crippen LogP contribution in [-0.2, 0) is 20.0 Å². The summed E-state index contributed by atoms with van der Waals surface area (Å²) < 4.78 is 21.5. The van der Waals surface area contributed by atoms with E-state index in [2.05, 4.69) is 10.4 Å². The molecule has 1 N–H and O–H groups in total. The number of hydrogen-bond donors (Lipinski definition) is 1. The highest BCUT2D eigenvalue weighted by Crippen LogP contribution is 2.21. The minimum Gasteiger partial charge on any atom is -0.490 e. The van der Waals surface area contributed by atoms with E-state index < -0.39 is 5.82 Å². The fraction of sp³-hybridized carbons (Fsp3) is 0.333. The van der Waals surface area contributed by atoms with Crippen molar-refractivity contribution in [1.82, 2.24) is 15.1 Å². The summed E-state index contributed by atoms with van der Waals surface area (Å²) in [5.74, 6) is -0.704. The first-order chi connectivity index (χ1) is 12.4. The van der Waals surface area contributed by atoms with Crippen LogP contribution in [0.1, 0.15) is 35.1 Å². The fourth-order valence-corrected chi connectivity index (χ4v) is 2.54. The SMILES string of the molecule is CCc1cc(C(=O)NCc2cccc(OCCC=C(Cl)Cl)c2F)n(C)n1. The summed E-state index contributed by atoms with van der Waals surface area (Å²) >= 11 is 11.0.